The zero-order valence-electron chi connectivity index (χ0n) is 20.0. The van der Waals surface area contributed by atoms with Crippen LogP contribution in [-0.4, -0.2) is 36.5 Å². The van der Waals surface area contributed by atoms with Crippen molar-refractivity contribution in [3.8, 4) is 11.3 Å². The van der Waals surface area contributed by atoms with E-state index in [0.717, 1.165) is 30.3 Å². The van der Waals surface area contributed by atoms with Gasteiger partial charge in [-0.25, -0.2) is 13.9 Å². The first-order chi connectivity index (χ1) is 19.2. The van der Waals surface area contributed by atoms with Crippen molar-refractivity contribution in [1.29, 1.82) is 0 Å². The van der Waals surface area contributed by atoms with E-state index in [1.807, 2.05) is 0 Å². The number of fused-ring (bicyclic) bond motifs is 1. The molecule has 0 atom stereocenters. The molecule has 0 saturated carbocycles. The van der Waals surface area contributed by atoms with Crippen LogP contribution in [-0.2, 0) is 12.5 Å². The third-order valence-corrected chi connectivity index (χ3v) is 6.79. The fourth-order valence-corrected chi connectivity index (χ4v) is 4.52. The molecule has 5 rings (SSSR count). The summed E-state index contributed by atoms with van der Waals surface area (Å²) in [6.07, 6.45) is -4.64. The second kappa shape index (κ2) is 10.5. The molecule has 0 aliphatic heterocycles. The number of rotatable bonds is 6. The van der Waals surface area contributed by atoms with Crippen molar-refractivity contribution in [3.63, 3.8) is 0 Å². The molecule has 3 aromatic heterocycles. The maximum Gasteiger partial charge on any atom is 0.459 e. The lowest BCUT2D eigenvalue weighted by Gasteiger charge is -2.21. The molecule has 0 aliphatic carbocycles. The van der Waals surface area contributed by atoms with Gasteiger partial charge < -0.3 is 5.32 Å². The fourth-order valence-electron chi connectivity index (χ4n) is 3.80. The first-order valence-electron chi connectivity index (χ1n) is 11.3. The summed E-state index contributed by atoms with van der Waals surface area (Å²) in [5.41, 5.74) is -2.42. The lowest BCUT2D eigenvalue weighted by Crippen LogP contribution is -2.36. The average molecular weight is 634 g/mol. The van der Waals surface area contributed by atoms with E-state index in [-0.39, 0.29) is 33.2 Å². The summed E-state index contributed by atoms with van der Waals surface area (Å²) in [7, 11) is 0. The molecular formula is C25H13Cl3F6N6O. The highest BCUT2D eigenvalue weighted by Gasteiger charge is 2.60. The second-order valence-corrected chi connectivity index (χ2v) is 9.80. The van der Waals surface area contributed by atoms with Crippen LogP contribution < -0.4 is 5.32 Å². The standard InChI is InChI=1S/C25H13Cl3F6N6O/c26-15-2-1-3-16(27)14(15)10-39-11-17(28)22(38-39)36-23(41)19-9-21-35-18(12-4-6-13(29)7-5-12)8-20(40(21)37-19)24(30,31)25(32,33)34/h1-9,11H,10H2,(H,36,38,41). The summed E-state index contributed by atoms with van der Waals surface area (Å²) >= 11 is 18.5. The maximum atomic E-state index is 14.6. The molecule has 7 nitrogen and oxygen atoms in total. The van der Waals surface area contributed by atoms with E-state index in [0.29, 0.717) is 21.7 Å². The molecule has 41 heavy (non-hydrogen) atoms. The van der Waals surface area contributed by atoms with Gasteiger partial charge in [-0.15, -0.1) is 0 Å². The smallest absolute Gasteiger partial charge is 0.302 e. The van der Waals surface area contributed by atoms with Crippen LogP contribution in [0.3, 0.4) is 0 Å². The zero-order valence-corrected chi connectivity index (χ0v) is 22.3. The van der Waals surface area contributed by atoms with Gasteiger partial charge in [0, 0.05) is 33.4 Å². The van der Waals surface area contributed by atoms with Crippen molar-refractivity contribution in [1.82, 2.24) is 24.4 Å². The molecule has 5 aromatic rings. The molecule has 0 unspecified atom stereocenters. The van der Waals surface area contributed by atoms with E-state index < -0.39 is 40.9 Å². The van der Waals surface area contributed by atoms with Gasteiger partial charge in [-0.05, 0) is 42.5 Å². The maximum absolute atomic E-state index is 14.6. The minimum Gasteiger partial charge on any atom is -0.302 e. The molecule has 0 aliphatic rings. The van der Waals surface area contributed by atoms with Gasteiger partial charge in [0.15, 0.2) is 17.2 Å². The number of aromatic nitrogens is 5. The molecule has 3 heterocycles. The molecule has 0 fully saturated rings. The summed E-state index contributed by atoms with van der Waals surface area (Å²) in [4.78, 5) is 17.0. The lowest BCUT2D eigenvalue weighted by molar-refractivity contribution is -0.291. The summed E-state index contributed by atoms with van der Waals surface area (Å²) in [5, 5.41) is 10.8. The molecular weight excluding hydrogens is 621 g/mol. The van der Waals surface area contributed by atoms with Crippen LogP contribution in [0, 0.1) is 5.82 Å². The van der Waals surface area contributed by atoms with E-state index >= 15 is 0 Å². The van der Waals surface area contributed by atoms with Gasteiger partial charge in [-0.1, -0.05) is 40.9 Å². The van der Waals surface area contributed by atoms with Gasteiger partial charge in [0.05, 0.1) is 12.2 Å². The van der Waals surface area contributed by atoms with Crippen LogP contribution >= 0.6 is 34.8 Å². The zero-order chi connectivity index (χ0) is 29.7. The molecule has 2 aromatic carbocycles. The highest BCUT2D eigenvalue weighted by molar-refractivity contribution is 6.36. The minimum absolute atomic E-state index is 0.0219. The summed E-state index contributed by atoms with van der Waals surface area (Å²) < 4.78 is 84.1. The van der Waals surface area contributed by atoms with Crippen LogP contribution in [0.1, 0.15) is 21.7 Å². The number of nitrogens with one attached hydrogen (secondary N) is 1. The van der Waals surface area contributed by atoms with E-state index in [1.54, 1.807) is 18.2 Å². The highest BCUT2D eigenvalue weighted by atomic mass is 35.5. The van der Waals surface area contributed by atoms with Gasteiger partial charge in [0.25, 0.3) is 5.91 Å². The predicted molar refractivity (Wildman–Crippen MR) is 139 cm³/mol. The Labute approximate surface area is 241 Å². The molecule has 1 amide bonds. The molecule has 1 N–H and O–H groups in total. The van der Waals surface area contributed by atoms with Gasteiger partial charge in [-0.2, -0.15) is 32.1 Å². The van der Waals surface area contributed by atoms with Crippen LogP contribution in [0.4, 0.5) is 32.2 Å². The summed E-state index contributed by atoms with van der Waals surface area (Å²) in [6, 6.07) is 10.6. The number of carbonyl (C=O) groups excluding carboxylic acids is 1. The van der Waals surface area contributed by atoms with Gasteiger partial charge in [0.1, 0.15) is 16.5 Å². The number of hydrogen-bond donors (Lipinski definition) is 1. The molecule has 0 radical (unpaired) electrons. The minimum atomic E-state index is -6.00. The number of amides is 1. The van der Waals surface area contributed by atoms with Crippen LogP contribution in [0.25, 0.3) is 16.9 Å². The van der Waals surface area contributed by atoms with Crippen molar-refractivity contribution in [2.75, 3.05) is 5.32 Å². The normalized spacial score (nSPS) is 12.2. The Bertz CT molecular complexity index is 1770. The Morgan fingerprint density at radius 1 is 0.902 bits per heavy atom. The quantitative estimate of drug-likeness (QED) is 0.195. The number of hydrogen-bond acceptors (Lipinski definition) is 4. The van der Waals surface area contributed by atoms with E-state index in [9.17, 15) is 31.1 Å². The number of carbonyl (C=O) groups is 1. The monoisotopic (exact) mass is 632 g/mol. The predicted octanol–water partition coefficient (Wildman–Crippen LogP) is 7.65. The number of alkyl halides is 5. The summed E-state index contributed by atoms with van der Waals surface area (Å²) in [6.45, 7) is 0.0778. The number of nitrogens with zero attached hydrogens (tertiary/aromatic N) is 5. The van der Waals surface area contributed by atoms with Crippen LogP contribution in [0.5, 0.6) is 0 Å². The van der Waals surface area contributed by atoms with Gasteiger partial charge in [0.2, 0.25) is 0 Å². The Hall–Kier alpha value is -3.81. The molecule has 0 spiro atoms. The summed E-state index contributed by atoms with van der Waals surface area (Å²) in [5.74, 6) is -7.22. The van der Waals surface area contributed by atoms with Crippen LogP contribution in [0.15, 0.2) is 60.8 Å². The third-order valence-electron chi connectivity index (χ3n) is 5.81. The van der Waals surface area contributed by atoms with E-state index in [2.05, 4.69) is 20.5 Å². The Morgan fingerprint density at radius 3 is 2.20 bits per heavy atom. The van der Waals surface area contributed by atoms with E-state index in [4.69, 9.17) is 34.8 Å². The first-order valence-corrected chi connectivity index (χ1v) is 12.5. The first kappa shape index (κ1) is 28.7. The molecule has 16 heteroatoms. The Morgan fingerprint density at radius 2 is 1.56 bits per heavy atom. The Balaban J connectivity index is 1.51. The number of halogens is 9. The van der Waals surface area contributed by atoms with Crippen LogP contribution in [0.2, 0.25) is 15.1 Å². The molecule has 212 valence electrons. The molecule has 0 saturated heterocycles. The SMILES string of the molecule is O=C(Nc1nn(Cc2c(Cl)cccc2Cl)cc1Cl)c1cc2nc(-c3ccc(F)cc3)cc(C(F)(F)C(F)(F)F)n2n1. The van der Waals surface area contributed by atoms with Crippen molar-refractivity contribution in [2.24, 2.45) is 0 Å². The topological polar surface area (TPSA) is 77.1 Å². The van der Waals surface area contributed by atoms with E-state index in [1.165, 1.54) is 10.9 Å². The highest BCUT2D eigenvalue weighted by Crippen LogP contribution is 2.44. The number of anilines is 1. The Kier molecular flexibility index (Phi) is 7.38. The third kappa shape index (κ3) is 5.56. The average Bonchev–Trinajstić information content (AvgIpc) is 3.48. The van der Waals surface area contributed by atoms with Gasteiger partial charge in [-0.3, -0.25) is 9.48 Å². The molecule has 0 bridgehead atoms. The van der Waals surface area contributed by atoms with Gasteiger partial charge >= 0.3 is 12.1 Å². The van der Waals surface area contributed by atoms with Crippen molar-refractivity contribution in [2.45, 2.75) is 18.6 Å². The lowest BCUT2D eigenvalue weighted by atomic mass is 10.1. The second-order valence-electron chi connectivity index (χ2n) is 8.58. The van der Waals surface area contributed by atoms with Crippen molar-refractivity contribution in [3.05, 3.63) is 98.6 Å². The number of benzene rings is 2. The fraction of sp³-hybridized carbons (Fsp3) is 0.120. The van der Waals surface area contributed by atoms with Crippen molar-refractivity contribution < 1.29 is 31.1 Å². The largest absolute Gasteiger partial charge is 0.459 e. The van der Waals surface area contributed by atoms with Crippen molar-refractivity contribution >= 4 is 52.2 Å².